The Labute approximate surface area is 103 Å². The van der Waals surface area contributed by atoms with Gasteiger partial charge in [0.2, 0.25) is 0 Å². The summed E-state index contributed by atoms with van der Waals surface area (Å²) in [5.41, 5.74) is 1.63. The van der Waals surface area contributed by atoms with Gasteiger partial charge in [0.15, 0.2) is 0 Å². The van der Waals surface area contributed by atoms with E-state index in [-0.39, 0.29) is 5.91 Å². The van der Waals surface area contributed by atoms with Crippen molar-refractivity contribution in [1.29, 1.82) is 0 Å². The van der Waals surface area contributed by atoms with Gasteiger partial charge in [0.25, 0.3) is 5.91 Å². The molecular weight excluding hydrogens is 214 g/mol. The fourth-order valence-electron chi connectivity index (χ4n) is 1.38. The molecule has 0 aliphatic rings. The molecule has 0 atom stereocenters. The summed E-state index contributed by atoms with van der Waals surface area (Å²) < 4.78 is 0. The van der Waals surface area contributed by atoms with Crippen LogP contribution in [0.2, 0.25) is 0 Å². The summed E-state index contributed by atoms with van der Waals surface area (Å²) in [6, 6.07) is 3.73. The van der Waals surface area contributed by atoms with Crippen molar-refractivity contribution in [2.45, 2.75) is 19.8 Å². The zero-order valence-corrected chi connectivity index (χ0v) is 11.0. The molecule has 0 saturated carbocycles. The number of carbonyl (C=O) groups is 1. The molecule has 4 nitrogen and oxygen atoms in total. The van der Waals surface area contributed by atoms with Crippen molar-refractivity contribution in [3.8, 4) is 0 Å². The first-order valence-corrected chi connectivity index (χ1v) is 5.89. The third kappa shape index (κ3) is 4.53. The number of nitrogens with zero attached hydrogens (tertiary/aromatic N) is 2. The molecule has 0 bridgehead atoms. The van der Waals surface area contributed by atoms with E-state index in [2.05, 4.69) is 24.1 Å². The summed E-state index contributed by atoms with van der Waals surface area (Å²) >= 11 is 0. The van der Waals surface area contributed by atoms with Crippen LogP contribution in [-0.2, 0) is 0 Å². The van der Waals surface area contributed by atoms with Gasteiger partial charge in [0.05, 0.1) is 5.56 Å². The number of pyridine rings is 1. The van der Waals surface area contributed by atoms with Crippen LogP contribution >= 0.6 is 0 Å². The zero-order chi connectivity index (χ0) is 12.8. The summed E-state index contributed by atoms with van der Waals surface area (Å²) in [5.74, 6) is 0.329. The quantitative estimate of drug-likeness (QED) is 0.841. The van der Waals surface area contributed by atoms with Crippen molar-refractivity contribution in [3.63, 3.8) is 0 Å². The Balaban J connectivity index is 2.52. The molecule has 0 spiro atoms. The Morgan fingerprint density at radius 1 is 1.41 bits per heavy atom. The summed E-state index contributed by atoms with van der Waals surface area (Å²) in [6.07, 6.45) is 1.64. The Kier molecular flexibility index (Phi) is 5.10. The molecule has 0 saturated heterocycles. The fraction of sp³-hybridized carbons (Fsp3) is 0.538. The third-order valence-corrected chi connectivity index (χ3v) is 2.48. The standard InChI is InChI=1S/C13H21N3O/c1-10(2)12-6-5-11(9-15-12)13(17)14-7-8-16(3)4/h5-6,9-10H,7-8H2,1-4H3,(H,14,17). The van der Waals surface area contributed by atoms with E-state index < -0.39 is 0 Å². The maximum absolute atomic E-state index is 11.7. The van der Waals surface area contributed by atoms with Crippen LogP contribution in [0.15, 0.2) is 18.3 Å². The minimum atomic E-state index is -0.0605. The average Bonchev–Trinajstić information content (AvgIpc) is 2.28. The molecule has 0 radical (unpaired) electrons. The highest BCUT2D eigenvalue weighted by Gasteiger charge is 2.06. The fourth-order valence-corrected chi connectivity index (χ4v) is 1.38. The van der Waals surface area contributed by atoms with Crippen LogP contribution in [0.5, 0.6) is 0 Å². The van der Waals surface area contributed by atoms with Crippen molar-refractivity contribution in [2.24, 2.45) is 0 Å². The molecule has 1 rings (SSSR count). The first-order chi connectivity index (χ1) is 8.00. The number of amides is 1. The highest BCUT2D eigenvalue weighted by molar-refractivity contribution is 5.93. The summed E-state index contributed by atoms with van der Waals surface area (Å²) in [4.78, 5) is 18.0. The highest BCUT2D eigenvalue weighted by Crippen LogP contribution is 2.11. The molecule has 0 fully saturated rings. The largest absolute Gasteiger partial charge is 0.351 e. The van der Waals surface area contributed by atoms with Gasteiger partial charge in [-0.05, 0) is 32.1 Å². The molecule has 1 N–H and O–H groups in total. The van der Waals surface area contributed by atoms with Crippen molar-refractivity contribution >= 4 is 5.91 Å². The second-order valence-electron chi connectivity index (χ2n) is 4.69. The Bertz CT molecular complexity index is 357. The number of aromatic nitrogens is 1. The molecule has 1 amide bonds. The van der Waals surface area contributed by atoms with Crippen molar-refractivity contribution in [2.75, 3.05) is 27.2 Å². The van der Waals surface area contributed by atoms with Gasteiger partial charge in [-0.3, -0.25) is 9.78 Å². The number of carbonyl (C=O) groups excluding carboxylic acids is 1. The first kappa shape index (κ1) is 13.6. The van der Waals surface area contributed by atoms with Crippen LogP contribution in [0, 0.1) is 0 Å². The van der Waals surface area contributed by atoms with E-state index in [1.54, 1.807) is 6.20 Å². The Morgan fingerprint density at radius 2 is 2.12 bits per heavy atom. The molecule has 0 aromatic carbocycles. The Hall–Kier alpha value is -1.42. The van der Waals surface area contributed by atoms with Gasteiger partial charge in [-0.1, -0.05) is 13.8 Å². The normalized spacial score (nSPS) is 10.9. The highest BCUT2D eigenvalue weighted by atomic mass is 16.1. The van der Waals surface area contributed by atoms with Crippen molar-refractivity contribution < 1.29 is 4.79 Å². The van der Waals surface area contributed by atoms with Gasteiger partial charge >= 0.3 is 0 Å². The lowest BCUT2D eigenvalue weighted by Gasteiger charge is -2.10. The summed E-state index contributed by atoms with van der Waals surface area (Å²) in [7, 11) is 3.95. The number of hydrogen-bond donors (Lipinski definition) is 1. The molecule has 0 unspecified atom stereocenters. The number of hydrogen-bond acceptors (Lipinski definition) is 3. The van der Waals surface area contributed by atoms with Gasteiger partial charge in [-0.15, -0.1) is 0 Å². The summed E-state index contributed by atoms with van der Waals surface area (Å²) in [6.45, 7) is 5.65. The van der Waals surface area contributed by atoms with Gasteiger partial charge < -0.3 is 10.2 Å². The molecular formula is C13H21N3O. The maximum Gasteiger partial charge on any atom is 0.252 e. The van der Waals surface area contributed by atoms with Crippen molar-refractivity contribution in [3.05, 3.63) is 29.6 Å². The molecule has 1 aromatic heterocycles. The van der Waals surface area contributed by atoms with Crippen LogP contribution in [0.1, 0.15) is 35.8 Å². The average molecular weight is 235 g/mol. The minimum Gasteiger partial charge on any atom is -0.351 e. The number of likely N-dealkylation sites (N-methyl/N-ethyl adjacent to an activating group) is 1. The predicted molar refractivity (Wildman–Crippen MR) is 69.2 cm³/mol. The molecule has 1 aromatic rings. The molecule has 1 heterocycles. The monoisotopic (exact) mass is 235 g/mol. The van der Waals surface area contributed by atoms with Crippen molar-refractivity contribution in [1.82, 2.24) is 15.2 Å². The molecule has 4 heteroatoms. The molecule has 0 aliphatic carbocycles. The van der Waals surface area contributed by atoms with E-state index >= 15 is 0 Å². The molecule has 0 aliphatic heterocycles. The Morgan fingerprint density at radius 3 is 2.59 bits per heavy atom. The summed E-state index contributed by atoms with van der Waals surface area (Å²) in [5, 5.41) is 2.86. The molecule has 17 heavy (non-hydrogen) atoms. The minimum absolute atomic E-state index is 0.0605. The predicted octanol–water partition coefficient (Wildman–Crippen LogP) is 1.50. The van der Waals surface area contributed by atoms with Crippen LogP contribution in [0.25, 0.3) is 0 Å². The van der Waals surface area contributed by atoms with Crippen LogP contribution < -0.4 is 5.32 Å². The smallest absolute Gasteiger partial charge is 0.252 e. The van der Waals surface area contributed by atoms with E-state index in [0.29, 0.717) is 18.0 Å². The number of rotatable bonds is 5. The van der Waals surface area contributed by atoms with E-state index in [1.807, 2.05) is 31.1 Å². The van der Waals surface area contributed by atoms with Crippen LogP contribution in [0.3, 0.4) is 0 Å². The lowest BCUT2D eigenvalue weighted by Crippen LogP contribution is -2.31. The van der Waals surface area contributed by atoms with Gasteiger partial charge in [-0.2, -0.15) is 0 Å². The third-order valence-electron chi connectivity index (χ3n) is 2.48. The lowest BCUT2D eigenvalue weighted by atomic mass is 10.1. The van der Waals surface area contributed by atoms with E-state index in [9.17, 15) is 4.79 Å². The van der Waals surface area contributed by atoms with Crippen LogP contribution in [-0.4, -0.2) is 43.0 Å². The van der Waals surface area contributed by atoms with Crippen LogP contribution in [0.4, 0.5) is 0 Å². The SMILES string of the molecule is CC(C)c1ccc(C(=O)NCCN(C)C)cn1. The van der Waals surface area contributed by atoms with Gasteiger partial charge in [-0.25, -0.2) is 0 Å². The maximum atomic E-state index is 11.7. The second kappa shape index (κ2) is 6.35. The number of nitrogens with one attached hydrogen (secondary N) is 1. The lowest BCUT2D eigenvalue weighted by molar-refractivity contribution is 0.0950. The van der Waals surface area contributed by atoms with Gasteiger partial charge in [0, 0.05) is 25.0 Å². The first-order valence-electron chi connectivity index (χ1n) is 5.89. The van der Waals surface area contributed by atoms with E-state index in [4.69, 9.17) is 0 Å². The molecule has 94 valence electrons. The topological polar surface area (TPSA) is 45.2 Å². The van der Waals surface area contributed by atoms with Gasteiger partial charge in [0.1, 0.15) is 0 Å². The second-order valence-corrected chi connectivity index (χ2v) is 4.69. The van der Waals surface area contributed by atoms with E-state index in [0.717, 1.165) is 12.2 Å². The van der Waals surface area contributed by atoms with E-state index in [1.165, 1.54) is 0 Å². The zero-order valence-electron chi connectivity index (χ0n) is 11.0.